The van der Waals surface area contributed by atoms with Gasteiger partial charge in [0, 0.05) is 5.69 Å². The number of hydrogen-bond donors (Lipinski definition) is 1. The highest BCUT2D eigenvalue weighted by molar-refractivity contribution is 7.92. The number of aromatic nitrogens is 1. The molecule has 0 aliphatic carbocycles. The zero-order valence-corrected chi connectivity index (χ0v) is 12.2. The topological polar surface area (TPSA) is 67.3 Å². The van der Waals surface area contributed by atoms with Gasteiger partial charge in [0.2, 0.25) is 0 Å². The molecule has 0 radical (unpaired) electrons. The van der Waals surface area contributed by atoms with Gasteiger partial charge in [-0.25, -0.2) is 12.8 Å². The fraction of sp³-hybridized carbons (Fsp3) is 0.643. The molecule has 110 valence electrons. The van der Waals surface area contributed by atoms with Crippen molar-refractivity contribution in [1.29, 1.82) is 0 Å². The van der Waals surface area contributed by atoms with Gasteiger partial charge in [-0.2, -0.15) is 0 Å². The molecule has 2 saturated heterocycles. The maximum atomic E-state index is 14.0. The van der Waals surface area contributed by atoms with Crippen LogP contribution in [0.1, 0.15) is 43.5 Å². The van der Waals surface area contributed by atoms with Gasteiger partial charge < -0.3 is 5.11 Å². The quantitative estimate of drug-likeness (QED) is 0.859. The van der Waals surface area contributed by atoms with Crippen LogP contribution in [0.3, 0.4) is 0 Å². The van der Waals surface area contributed by atoms with E-state index < -0.39 is 31.8 Å². The van der Waals surface area contributed by atoms with Crippen LogP contribution in [0.2, 0.25) is 0 Å². The Morgan fingerprint density at radius 3 is 2.50 bits per heavy atom. The predicted octanol–water partition coefficient (Wildman–Crippen LogP) is 1.85. The fourth-order valence-electron chi connectivity index (χ4n) is 3.51. The Morgan fingerprint density at radius 1 is 1.30 bits per heavy atom. The summed E-state index contributed by atoms with van der Waals surface area (Å²) in [4.78, 5) is 4.12. The number of aryl methyl sites for hydroxylation is 1. The SMILES string of the molecule is Cc1ccc(F)c(C2(O)CC3CCCC(C2)S3(=O)=O)n1. The average Bonchev–Trinajstić information content (AvgIpc) is 2.34. The number of hydrogen-bond acceptors (Lipinski definition) is 4. The van der Waals surface area contributed by atoms with E-state index in [0.29, 0.717) is 18.5 Å². The van der Waals surface area contributed by atoms with Crippen LogP contribution in [0.25, 0.3) is 0 Å². The van der Waals surface area contributed by atoms with Crippen molar-refractivity contribution in [2.45, 2.75) is 55.1 Å². The van der Waals surface area contributed by atoms with E-state index in [1.54, 1.807) is 13.0 Å². The smallest absolute Gasteiger partial charge is 0.156 e. The summed E-state index contributed by atoms with van der Waals surface area (Å²) in [7, 11) is -3.18. The van der Waals surface area contributed by atoms with Crippen molar-refractivity contribution in [1.82, 2.24) is 4.98 Å². The van der Waals surface area contributed by atoms with Gasteiger partial charge >= 0.3 is 0 Å². The third kappa shape index (κ3) is 2.05. The Labute approximate surface area is 118 Å². The van der Waals surface area contributed by atoms with Gasteiger partial charge in [0.25, 0.3) is 0 Å². The van der Waals surface area contributed by atoms with Crippen molar-refractivity contribution in [2.75, 3.05) is 0 Å². The molecule has 1 N–H and O–H groups in total. The van der Waals surface area contributed by atoms with Gasteiger partial charge in [0.1, 0.15) is 17.1 Å². The summed E-state index contributed by atoms with van der Waals surface area (Å²) in [5.41, 5.74) is -0.838. The van der Waals surface area contributed by atoms with Crippen LogP contribution in [0, 0.1) is 12.7 Å². The van der Waals surface area contributed by atoms with Crippen molar-refractivity contribution in [3.8, 4) is 0 Å². The molecule has 2 unspecified atom stereocenters. The van der Waals surface area contributed by atoms with Gasteiger partial charge in [0.15, 0.2) is 9.84 Å². The lowest BCUT2D eigenvalue weighted by Gasteiger charge is -2.43. The highest BCUT2D eigenvalue weighted by atomic mass is 32.2. The number of pyridine rings is 1. The number of halogens is 1. The molecule has 3 heterocycles. The van der Waals surface area contributed by atoms with E-state index in [2.05, 4.69) is 4.98 Å². The highest BCUT2D eigenvalue weighted by Gasteiger charge is 2.52. The molecule has 2 fully saturated rings. The van der Waals surface area contributed by atoms with E-state index in [-0.39, 0.29) is 18.5 Å². The first kappa shape index (κ1) is 13.9. The molecular formula is C14H18FNO3S. The van der Waals surface area contributed by atoms with Crippen molar-refractivity contribution in [2.24, 2.45) is 0 Å². The molecule has 0 spiro atoms. The van der Waals surface area contributed by atoms with Crippen molar-refractivity contribution < 1.29 is 17.9 Å². The molecule has 0 aromatic carbocycles. The minimum absolute atomic E-state index is 0.00398. The van der Waals surface area contributed by atoms with Crippen molar-refractivity contribution in [3.63, 3.8) is 0 Å². The summed E-state index contributed by atoms with van der Waals surface area (Å²) < 4.78 is 38.5. The first-order chi connectivity index (χ1) is 9.33. The van der Waals surface area contributed by atoms with Crippen LogP contribution >= 0.6 is 0 Å². The molecule has 2 atom stereocenters. The first-order valence-electron chi connectivity index (χ1n) is 6.92. The number of sulfone groups is 1. The molecule has 1 aromatic heterocycles. The van der Waals surface area contributed by atoms with Crippen molar-refractivity contribution in [3.05, 3.63) is 29.3 Å². The van der Waals surface area contributed by atoms with E-state index in [9.17, 15) is 17.9 Å². The fourth-order valence-corrected chi connectivity index (χ4v) is 6.06. The Hall–Kier alpha value is -1.01. The minimum Gasteiger partial charge on any atom is -0.383 e. The summed E-state index contributed by atoms with van der Waals surface area (Å²) in [5.74, 6) is -0.560. The molecule has 0 amide bonds. The Kier molecular flexibility index (Phi) is 3.14. The maximum Gasteiger partial charge on any atom is 0.156 e. The number of aliphatic hydroxyl groups is 1. The molecule has 0 saturated carbocycles. The molecule has 2 aliphatic rings. The summed E-state index contributed by atoms with van der Waals surface area (Å²) in [6, 6.07) is 2.83. The molecule has 4 nitrogen and oxygen atoms in total. The van der Waals surface area contributed by atoms with Crippen LogP contribution in [0.4, 0.5) is 4.39 Å². The molecule has 2 bridgehead atoms. The Bertz CT molecular complexity index is 624. The lowest BCUT2D eigenvalue weighted by Crippen LogP contribution is -2.50. The lowest BCUT2D eigenvalue weighted by molar-refractivity contribution is -0.00253. The zero-order chi connectivity index (χ0) is 14.5. The van der Waals surface area contributed by atoms with Gasteiger partial charge in [-0.1, -0.05) is 6.42 Å². The Balaban J connectivity index is 2.04. The highest BCUT2D eigenvalue weighted by Crippen LogP contribution is 2.46. The van der Waals surface area contributed by atoms with Crippen LogP contribution in [0.5, 0.6) is 0 Å². The van der Waals surface area contributed by atoms with E-state index in [0.717, 1.165) is 6.42 Å². The van der Waals surface area contributed by atoms with Crippen molar-refractivity contribution >= 4 is 9.84 Å². The van der Waals surface area contributed by atoms with Gasteiger partial charge in [-0.15, -0.1) is 0 Å². The summed E-state index contributed by atoms with van der Waals surface area (Å²) in [6.45, 7) is 1.73. The molecule has 1 aromatic rings. The monoisotopic (exact) mass is 299 g/mol. The van der Waals surface area contributed by atoms with Crippen LogP contribution in [-0.2, 0) is 15.4 Å². The van der Waals surface area contributed by atoms with Crippen LogP contribution < -0.4 is 0 Å². The van der Waals surface area contributed by atoms with Crippen LogP contribution in [0.15, 0.2) is 12.1 Å². The third-order valence-electron chi connectivity index (χ3n) is 4.54. The predicted molar refractivity (Wildman–Crippen MR) is 72.4 cm³/mol. The lowest BCUT2D eigenvalue weighted by atomic mass is 9.82. The second-order valence-corrected chi connectivity index (χ2v) is 8.50. The van der Waals surface area contributed by atoms with E-state index in [1.165, 1.54) is 6.07 Å². The summed E-state index contributed by atoms with van der Waals surface area (Å²) in [5, 5.41) is 9.68. The second-order valence-electron chi connectivity index (χ2n) is 5.99. The third-order valence-corrected chi connectivity index (χ3v) is 7.20. The summed E-state index contributed by atoms with van der Waals surface area (Å²) >= 11 is 0. The largest absolute Gasteiger partial charge is 0.383 e. The van der Waals surface area contributed by atoms with Crippen LogP contribution in [-0.4, -0.2) is 29.0 Å². The summed E-state index contributed by atoms with van der Waals surface area (Å²) in [6.07, 6.45) is 2.07. The minimum atomic E-state index is -3.18. The van der Waals surface area contributed by atoms with E-state index in [4.69, 9.17) is 0 Å². The molecular weight excluding hydrogens is 281 g/mol. The zero-order valence-electron chi connectivity index (χ0n) is 11.3. The van der Waals surface area contributed by atoms with E-state index in [1.807, 2.05) is 0 Å². The normalized spacial score (nSPS) is 35.8. The number of rotatable bonds is 1. The molecule has 20 heavy (non-hydrogen) atoms. The molecule has 3 rings (SSSR count). The van der Waals surface area contributed by atoms with Gasteiger partial charge in [-0.05, 0) is 44.7 Å². The first-order valence-corrected chi connectivity index (χ1v) is 8.52. The molecule has 2 aliphatic heterocycles. The average molecular weight is 299 g/mol. The number of fused-ring (bicyclic) bond motifs is 2. The standard InChI is InChI=1S/C14H18FNO3S/c1-9-5-6-12(15)13(16-9)14(17)7-10-3-2-4-11(8-14)20(10,18)19/h5-6,10-11,17H,2-4,7-8H2,1H3. The van der Waals surface area contributed by atoms with E-state index >= 15 is 0 Å². The van der Waals surface area contributed by atoms with Gasteiger partial charge in [0.05, 0.1) is 10.5 Å². The number of nitrogens with zero attached hydrogens (tertiary/aromatic N) is 1. The Morgan fingerprint density at radius 2 is 1.90 bits per heavy atom. The molecule has 6 heteroatoms. The second kappa shape index (κ2) is 4.49. The van der Waals surface area contributed by atoms with Gasteiger partial charge in [-0.3, -0.25) is 4.98 Å². The maximum absolute atomic E-state index is 14.0.